The van der Waals surface area contributed by atoms with E-state index in [-0.39, 0.29) is 5.75 Å². The van der Waals surface area contributed by atoms with Gasteiger partial charge in [-0.3, -0.25) is 0 Å². The van der Waals surface area contributed by atoms with Crippen LogP contribution in [0.3, 0.4) is 0 Å². The number of hydrogen-bond donors (Lipinski definition) is 2. The van der Waals surface area contributed by atoms with Gasteiger partial charge in [0.2, 0.25) is 0 Å². The molecular weight excluding hydrogens is 272 g/mol. The first-order valence-electron chi connectivity index (χ1n) is 6.19. The number of fused-ring (bicyclic) bond motifs is 1. The predicted molar refractivity (Wildman–Crippen MR) is 80.3 cm³/mol. The number of aromatic nitrogens is 2. The molecule has 0 fully saturated rings. The first kappa shape index (κ1) is 12.9. The molecule has 0 aliphatic heterocycles. The number of benzene rings is 2. The van der Waals surface area contributed by atoms with Crippen LogP contribution in [0.15, 0.2) is 47.6 Å². The van der Waals surface area contributed by atoms with Gasteiger partial charge in [-0.05, 0) is 30.3 Å². The van der Waals surface area contributed by atoms with Gasteiger partial charge in [-0.15, -0.1) is 0 Å². The second kappa shape index (κ2) is 5.46. The predicted octanol–water partition coefficient (Wildman–Crippen LogP) is 3.57. The minimum absolute atomic E-state index is 0.273. The van der Waals surface area contributed by atoms with Crippen LogP contribution in [-0.4, -0.2) is 22.2 Å². The maximum atomic E-state index is 9.85. The summed E-state index contributed by atoms with van der Waals surface area (Å²) in [5.41, 5.74) is 2.80. The summed E-state index contributed by atoms with van der Waals surface area (Å²) in [6, 6.07) is 13.1. The smallest absolute Gasteiger partial charge is 0.166 e. The fourth-order valence-electron chi connectivity index (χ4n) is 1.95. The average Bonchev–Trinajstić information content (AvgIpc) is 2.89. The number of aromatic hydroxyl groups is 1. The van der Waals surface area contributed by atoms with Gasteiger partial charge in [-0.2, -0.15) is 0 Å². The van der Waals surface area contributed by atoms with Crippen LogP contribution >= 0.6 is 11.8 Å². The van der Waals surface area contributed by atoms with Crippen LogP contribution in [0.5, 0.6) is 11.5 Å². The zero-order chi connectivity index (χ0) is 13.9. The summed E-state index contributed by atoms with van der Waals surface area (Å²) < 4.78 is 5.17. The van der Waals surface area contributed by atoms with Crippen molar-refractivity contribution in [2.45, 2.75) is 10.9 Å². The van der Waals surface area contributed by atoms with Gasteiger partial charge in [-0.25, -0.2) is 4.98 Å². The van der Waals surface area contributed by atoms with Crippen molar-refractivity contribution in [3.05, 3.63) is 48.0 Å². The molecule has 1 heterocycles. The minimum Gasteiger partial charge on any atom is -0.508 e. The SMILES string of the molecule is COc1ccc(O)c(CSc2nc3ccccc3[nH]2)c1. The molecule has 0 aliphatic carbocycles. The summed E-state index contributed by atoms with van der Waals surface area (Å²) in [6.07, 6.45) is 0. The maximum absolute atomic E-state index is 9.85. The number of rotatable bonds is 4. The highest BCUT2D eigenvalue weighted by Crippen LogP contribution is 2.29. The minimum atomic E-state index is 0.273. The molecule has 0 saturated carbocycles. The second-order valence-electron chi connectivity index (χ2n) is 4.34. The van der Waals surface area contributed by atoms with Crippen molar-refractivity contribution in [2.24, 2.45) is 0 Å². The zero-order valence-corrected chi connectivity index (χ0v) is 11.8. The van der Waals surface area contributed by atoms with E-state index in [1.807, 2.05) is 30.3 Å². The Morgan fingerprint density at radius 1 is 1.25 bits per heavy atom. The molecular formula is C15H14N2O2S. The third-order valence-electron chi connectivity index (χ3n) is 3.02. The lowest BCUT2D eigenvalue weighted by Crippen LogP contribution is -1.87. The topological polar surface area (TPSA) is 58.1 Å². The molecule has 1 aromatic heterocycles. The molecule has 0 radical (unpaired) electrons. The standard InChI is InChI=1S/C15H14N2O2S/c1-19-11-6-7-14(18)10(8-11)9-20-15-16-12-4-2-3-5-13(12)17-15/h2-8,18H,9H2,1H3,(H,16,17). The van der Waals surface area contributed by atoms with E-state index >= 15 is 0 Å². The van der Waals surface area contributed by atoms with Gasteiger partial charge in [0.1, 0.15) is 11.5 Å². The molecule has 2 aromatic carbocycles. The Bertz CT molecular complexity index is 707. The van der Waals surface area contributed by atoms with Gasteiger partial charge >= 0.3 is 0 Å². The summed E-state index contributed by atoms with van der Waals surface area (Å²) in [4.78, 5) is 7.75. The van der Waals surface area contributed by atoms with Crippen molar-refractivity contribution in [1.82, 2.24) is 9.97 Å². The molecule has 0 unspecified atom stereocenters. The number of phenols is 1. The Morgan fingerprint density at radius 3 is 2.90 bits per heavy atom. The van der Waals surface area contributed by atoms with Gasteiger partial charge in [0.15, 0.2) is 5.16 Å². The van der Waals surface area contributed by atoms with Gasteiger partial charge in [0.05, 0.1) is 18.1 Å². The highest BCUT2D eigenvalue weighted by Gasteiger charge is 2.07. The number of ether oxygens (including phenoxy) is 1. The number of aromatic amines is 1. The summed E-state index contributed by atoms with van der Waals surface area (Å²) in [5, 5.41) is 10.7. The number of H-pyrrole nitrogens is 1. The van der Waals surface area contributed by atoms with Crippen LogP contribution < -0.4 is 4.74 Å². The van der Waals surface area contributed by atoms with E-state index in [2.05, 4.69) is 9.97 Å². The number of nitrogens with zero attached hydrogens (tertiary/aromatic N) is 1. The van der Waals surface area contributed by atoms with Crippen molar-refractivity contribution in [3.8, 4) is 11.5 Å². The van der Waals surface area contributed by atoms with Crippen molar-refractivity contribution in [2.75, 3.05) is 7.11 Å². The van der Waals surface area contributed by atoms with E-state index in [1.165, 1.54) is 0 Å². The van der Waals surface area contributed by atoms with Crippen molar-refractivity contribution >= 4 is 22.8 Å². The van der Waals surface area contributed by atoms with Crippen LogP contribution in [0.2, 0.25) is 0 Å². The number of hydrogen-bond acceptors (Lipinski definition) is 4. The molecule has 3 rings (SSSR count). The molecule has 0 saturated heterocycles. The van der Waals surface area contributed by atoms with Crippen molar-refractivity contribution in [3.63, 3.8) is 0 Å². The molecule has 2 N–H and O–H groups in total. The van der Waals surface area contributed by atoms with Crippen molar-refractivity contribution in [1.29, 1.82) is 0 Å². The van der Waals surface area contributed by atoms with Crippen LogP contribution in [0.4, 0.5) is 0 Å². The lowest BCUT2D eigenvalue weighted by atomic mass is 10.2. The quantitative estimate of drug-likeness (QED) is 0.720. The lowest BCUT2D eigenvalue weighted by Gasteiger charge is -2.05. The fraction of sp³-hybridized carbons (Fsp3) is 0.133. The molecule has 5 heteroatoms. The van der Waals surface area contributed by atoms with Crippen LogP contribution in [0.25, 0.3) is 11.0 Å². The van der Waals surface area contributed by atoms with E-state index in [9.17, 15) is 5.11 Å². The first-order valence-corrected chi connectivity index (χ1v) is 7.18. The van der Waals surface area contributed by atoms with E-state index in [4.69, 9.17) is 4.74 Å². The van der Waals surface area contributed by atoms with Gasteiger partial charge in [-0.1, -0.05) is 23.9 Å². The first-order chi connectivity index (χ1) is 9.76. The highest BCUT2D eigenvalue weighted by atomic mass is 32.2. The van der Waals surface area contributed by atoms with Crippen molar-refractivity contribution < 1.29 is 9.84 Å². The van der Waals surface area contributed by atoms with Gasteiger partial charge in [0, 0.05) is 11.3 Å². The molecule has 0 bridgehead atoms. The number of phenolic OH excluding ortho intramolecular Hbond substituents is 1. The lowest BCUT2D eigenvalue weighted by molar-refractivity contribution is 0.411. The monoisotopic (exact) mass is 286 g/mol. The van der Waals surface area contributed by atoms with Crippen LogP contribution in [0.1, 0.15) is 5.56 Å². The van der Waals surface area contributed by atoms with Crippen LogP contribution in [0, 0.1) is 0 Å². The van der Waals surface area contributed by atoms with E-state index < -0.39 is 0 Å². The van der Waals surface area contributed by atoms with E-state index in [0.717, 1.165) is 27.5 Å². The summed E-state index contributed by atoms with van der Waals surface area (Å²) in [6.45, 7) is 0. The zero-order valence-electron chi connectivity index (χ0n) is 11.0. The second-order valence-corrected chi connectivity index (χ2v) is 5.31. The number of methoxy groups -OCH3 is 1. The Morgan fingerprint density at radius 2 is 2.10 bits per heavy atom. The van der Waals surface area contributed by atoms with Gasteiger partial charge in [0.25, 0.3) is 0 Å². The van der Waals surface area contributed by atoms with E-state index in [1.54, 1.807) is 31.0 Å². The molecule has 20 heavy (non-hydrogen) atoms. The number of imidazole rings is 1. The van der Waals surface area contributed by atoms with Crippen LogP contribution in [-0.2, 0) is 5.75 Å². The third kappa shape index (κ3) is 2.58. The van der Waals surface area contributed by atoms with E-state index in [0.29, 0.717) is 5.75 Å². The molecule has 4 nitrogen and oxygen atoms in total. The fourth-order valence-corrected chi connectivity index (χ4v) is 2.82. The molecule has 0 aliphatic rings. The third-order valence-corrected chi connectivity index (χ3v) is 3.94. The molecule has 0 atom stereocenters. The summed E-state index contributed by atoms with van der Waals surface area (Å²) in [7, 11) is 1.61. The Hall–Kier alpha value is -2.14. The average molecular weight is 286 g/mol. The molecule has 102 valence electrons. The Kier molecular flexibility index (Phi) is 3.52. The maximum Gasteiger partial charge on any atom is 0.166 e. The summed E-state index contributed by atoms with van der Waals surface area (Å²) in [5.74, 6) is 1.64. The van der Waals surface area contributed by atoms with Gasteiger partial charge < -0.3 is 14.8 Å². The number of para-hydroxylation sites is 2. The summed E-state index contributed by atoms with van der Waals surface area (Å²) >= 11 is 1.55. The largest absolute Gasteiger partial charge is 0.508 e. The molecule has 0 spiro atoms. The number of nitrogens with one attached hydrogen (secondary N) is 1. The normalized spacial score (nSPS) is 10.8. The Balaban J connectivity index is 1.79. The molecule has 0 amide bonds. The molecule has 3 aromatic rings. The Labute approximate surface area is 120 Å². The number of thioether (sulfide) groups is 1. The highest BCUT2D eigenvalue weighted by molar-refractivity contribution is 7.98.